The predicted octanol–water partition coefficient (Wildman–Crippen LogP) is 3.02. The van der Waals surface area contributed by atoms with Crippen molar-refractivity contribution < 1.29 is 19.5 Å². The second-order valence-corrected chi connectivity index (χ2v) is 9.48. The van der Waals surface area contributed by atoms with Gasteiger partial charge in [0.1, 0.15) is 18.3 Å². The number of rotatable bonds is 8. The maximum absolute atomic E-state index is 10.8. The first-order valence-corrected chi connectivity index (χ1v) is 12.5. The summed E-state index contributed by atoms with van der Waals surface area (Å²) in [5.41, 5.74) is 2.84. The van der Waals surface area contributed by atoms with E-state index in [0.29, 0.717) is 48.2 Å². The molecular formula is C23H26IN7O4. The van der Waals surface area contributed by atoms with Gasteiger partial charge in [0.05, 0.1) is 12.0 Å². The zero-order valence-corrected chi connectivity index (χ0v) is 21.4. The lowest BCUT2D eigenvalue weighted by atomic mass is 10.1. The fourth-order valence-electron chi connectivity index (χ4n) is 4.05. The number of aryl methyl sites for hydroxylation is 1. The third kappa shape index (κ3) is 4.70. The Morgan fingerprint density at radius 3 is 2.71 bits per heavy atom. The molecule has 0 saturated carbocycles. The summed E-state index contributed by atoms with van der Waals surface area (Å²) in [5, 5.41) is 32.0. The van der Waals surface area contributed by atoms with Crippen LogP contribution in [-0.4, -0.2) is 53.6 Å². The summed E-state index contributed by atoms with van der Waals surface area (Å²) < 4.78 is 14.2. The highest BCUT2D eigenvalue weighted by molar-refractivity contribution is 14.1. The number of anilines is 2. The Bertz CT molecular complexity index is 1330. The number of aliphatic hydroxyl groups is 2. The first-order valence-electron chi connectivity index (χ1n) is 11.4. The van der Waals surface area contributed by atoms with Crippen molar-refractivity contribution in [1.82, 2.24) is 24.7 Å². The van der Waals surface area contributed by atoms with Gasteiger partial charge in [-0.05, 0) is 53.6 Å². The number of benzene rings is 1. The Balaban J connectivity index is 1.47. The van der Waals surface area contributed by atoms with Crippen LogP contribution in [0.4, 0.5) is 11.8 Å². The van der Waals surface area contributed by atoms with Crippen molar-refractivity contribution in [2.45, 2.75) is 51.4 Å². The number of aliphatic hydroxyl groups excluding tert-OH is 2. The summed E-state index contributed by atoms with van der Waals surface area (Å²) in [5.74, 6) is 1.33. The minimum absolute atomic E-state index is 0.364. The van der Waals surface area contributed by atoms with Crippen molar-refractivity contribution in [3.05, 3.63) is 57.2 Å². The van der Waals surface area contributed by atoms with Crippen LogP contribution in [0, 0.1) is 3.57 Å². The fraction of sp³-hybridized carbons (Fsp3) is 0.391. The van der Waals surface area contributed by atoms with Gasteiger partial charge in [-0.1, -0.05) is 24.2 Å². The molecule has 184 valence electrons. The van der Waals surface area contributed by atoms with E-state index >= 15 is 0 Å². The third-order valence-electron chi connectivity index (χ3n) is 5.84. The molecule has 1 aliphatic rings. The molecule has 0 radical (unpaired) electrons. The SMILES string of the molecule is CCNc1nc(NCc2cccc(I)c2)c2ncn([C@@H]3O[C@H](c4cc(CC)no4)[C@@H](O)[C@H]3O)c2n1. The maximum atomic E-state index is 10.8. The topological polar surface area (TPSA) is 143 Å². The number of aromatic nitrogens is 5. The number of imidazole rings is 1. The highest BCUT2D eigenvalue weighted by atomic mass is 127. The van der Waals surface area contributed by atoms with Crippen LogP contribution < -0.4 is 10.6 Å². The van der Waals surface area contributed by atoms with E-state index in [0.717, 1.165) is 14.8 Å². The van der Waals surface area contributed by atoms with E-state index in [-0.39, 0.29) is 0 Å². The van der Waals surface area contributed by atoms with Crippen LogP contribution in [0.3, 0.4) is 0 Å². The molecule has 5 rings (SSSR count). The van der Waals surface area contributed by atoms with E-state index < -0.39 is 24.5 Å². The summed E-state index contributed by atoms with van der Waals surface area (Å²) in [7, 11) is 0. The van der Waals surface area contributed by atoms with Crippen LogP contribution >= 0.6 is 22.6 Å². The van der Waals surface area contributed by atoms with E-state index in [2.05, 4.69) is 59.4 Å². The molecule has 0 amide bonds. The van der Waals surface area contributed by atoms with Gasteiger partial charge in [0, 0.05) is 22.7 Å². The lowest BCUT2D eigenvalue weighted by Crippen LogP contribution is -2.29. The minimum atomic E-state index is -1.23. The molecule has 1 aromatic carbocycles. The summed E-state index contributed by atoms with van der Waals surface area (Å²) >= 11 is 2.28. The molecule has 4 heterocycles. The molecule has 0 bridgehead atoms. The third-order valence-corrected chi connectivity index (χ3v) is 6.51. The molecule has 11 nitrogen and oxygen atoms in total. The molecule has 1 fully saturated rings. The van der Waals surface area contributed by atoms with E-state index in [1.54, 1.807) is 10.6 Å². The largest absolute Gasteiger partial charge is 0.387 e. The van der Waals surface area contributed by atoms with Crippen LogP contribution in [0.2, 0.25) is 0 Å². The van der Waals surface area contributed by atoms with Crippen LogP contribution in [0.15, 0.2) is 41.2 Å². The summed E-state index contributed by atoms with van der Waals surface area (Å²) in [4.78, 5) is 13.7. The molecule has 1 aliphatic heterocycles. The number of fused-ring (bicyclic) bond motifs is 1. The smallest absolute Gasteiger partial charge is 0.226 e. The van der Waals surface area contributed by atoms with Gasteiger partial charge >= 0.3 is 0 Å². The molecule has 4 N–H and O–H groups in total. The van der Waals surface area contributed by atoms with Crippen molar-refractivity contribution in [3.63, 3.8) is 0 Å². The average Bonchev–Trinajstić information content (AvgIpc) is 3.56. The number of hydrogen-bond acceptors (Lipinski definition) is 10. The fourth-order valence-corrected chi connectivity index (χ4v) is 4.66. The highest BCUT2D eigenvalue weighted by Crippen LogP contribution is 2.40. The Morgan fingerprint density at radius 1 is 1.11 bits per heavy atom. The van der Waals surface area contributed by atoms with Crippen molar-refractivity contribution in [2.24, 2.45) is 0 Å². The quantitative estimate of drug-likeness (QED) is 0.226. The van der Waals surface area contributed by atoms with E-state index in [1.165, 1.54) is 6.33 Å². The number of halogens is 1. The predicted molar refractivity (Wildman–Crippen MR) is 137 cm³/mol. The van der Waals surface area contributed by atoms with Gasteiger partial charge < -0.3 is 30.1 Å². The Kier molecular flexibility index (Phi) is 6.86. The lowest BCUT2D eigenvalue weighted by molar-refractivity contribution is -0.0434. The molecular weight excluding hydrogens is 565 g/mol. The molecule has 1 saturated heterocycles. The molecule has 35 heavy (non-hydrogen) atoms. The number of nitrogens with zero attached hydrogens (tertiary/aromatic N) is 5. The molecule has 4 atom stereocenters. The van der Waals surface area contributed by atoms with Gasteiger partial charge in [-0.2, -0.15) is 9.97 Å². The number of hydrogen-bond donors (Lipinski definition) is 4. The second-order valence-electron chi connectivity index (χ2n) is 8.24. The van der Waals surface area contributed by atoms with Gasteiger partial charge in [-0.3, -0.25) is 4.57 Å². The van der Waals surface area contributed by atoms with Crippen LogP contribution in [0.5, 0.6) is 0 Å². The Labute approximate surface area is 215 Å². The average molecular weight is 591 g/mol. The van der Waals surface area contributed by atoms with Crippen LogP contribution in [0.25, 0.3) is 11.2 Å². The second kappa shape index (κ2) is 10.0. The van der Waals surface area contributed by atoms with Crippen LogP contribution in [0.1, 0.15) is 43.2 Å². The minimum Gasteiger partial charge on any atom is -0.387 e. The molecule has 3 aromatic heterocycles. The van der Waals surface area contributed by atoms with Crippen molar-refractivity contribution in [3.8, 4) is 0 Å². The van der Waals surface area contributed by atoms with Gasteiger partial charge in [0.25, 0.3) is 0 Å². The van der Waals surface area contributed by atoms with Gasteiger partial charge in [-0.25, -0.2) is 4.98 Å². The van der Waals surface area contributed by atoms with Crippen LogP contribution in [-0.2, 0) is 17.7 Å². The monoisotopic (exact) mass is 591 g/mol. The summed E-state index contributed by atoms with van der Waals surface area (Å²) in [6.07, 6.45) is -2.01. The van der Waals surface area contributed by atoms with E-state index in [1.807, 2.05) is 32.0 Å². The van der Waals surface area contributed by atoms with Crippen molar-refractivity contribution in [1.29, 1.82) is 0 Å². The van der Waals surface area contributed by atoms with Crippen molar-refractivity contribution >= 4 is 45.5 Å². The maximum Gasteiger partial charge on any atom is 0.226 e. The number of nitrogens with one attached hydrogen (secondary N) is 2. The first-order chi connectivity index (χ1) is 17.0. The lowest BCUT2D eigenvalue weighted by Gasteiger charge is -2.17. The molecule has 4 aromatic rings. The normalized spacial score (nSPS) is 22.1. The van der Waals surface area contributed by atoms with Gasteiger partial charge in [0.15, 0.2) is 29.0 Å². The standard InChI is InChI=1S/C23H26IN7O4/c1-3-14-9-15(35-30-14)19-17(32)18(33)22(34-19)31-11-27-16-20(28-23(25-4-2)29-21(16)31)26-10-12-6-5-7-13(24)8-12/h5-9,11,17-19,22,32-33H,3-4,10H2,1-2H3,(H2,25,26,28,29)/t17-,18+,19+,22+/m0/s1. The van der Waals surface area contributed by atoms with Gasteiger partial charge in [0.2, 0.25) is 5.95 Å². The Hall–Kier alpha value is -2.81. The molecule has 0 spiro atoms. The van der Waals surface area contributed by atoms with Gasteiger partial charge in [-0.15, -0.1) is 0 Å². The highest BCUT2D eigenvalue weighted by Gasteiger charge is 2.47. The molecule has 12 heteroatoms. The zero-order valence-electron chi connectivity index (χ0n) is 19.2. The van der Waals surface area contributed by atoms with E-state index in [4.69, 9.17) is 9.26 Å². The Morgan fingerprint density at radius 2 is 1.97 bits per heavy atom. The summed E-state index contributed by atoms with van der Waals surface area (Å²) in [6.45, 7) is 5.09. The first kappa shape index (κ1) is 23.9. The van der Waals surface area contributed by atoms with Crippen molar-refractivity contribution in [2.75, 3.05) is 17.2 Å². The molecule has 0 aliphatic carbocycles. The van der Waals surface area contributed by atoms with E-state index in [9.17, 15) is 10.2 Å². The number of ether oxygens (including phenoxy) is 1. The zero-order chi connectivity index (χ0) is 24.5. The summed E-state index contributed by atoms with van der Waals surface area (Å²) in [6, 6.07) is 9.90. The molecule has 0 unspecified atom stereocenters.